The van der Waals surface area contributed by atoms with Gasteiger partial charge in [-0.25, -0.2) is 14.4 Å². The van der Waals surface area contributed by atoms with E-state index in [0.717, 1.165) is 41.4 Å². The van der Waals surface area contributed by atoms with Gasteiger partial charge in [0.25, 0.3) is 5.91 Å². The highest BCUT2D eigenvalue weighted by molar-refractivity contribution is 5.94. The lowest BCUT2D eigenvalue weighted by molar-refractivity contribution is 0.0827. The molecule has 0 aliphatic heterocycles. The second kappa shape index (κ2) is 10.3. The summed E-state index contributed by atoms with van der Waals surface area (Å²) in [5.74, 6) is 0.569. The van der Waals surface area contributed by atoms with Crippen LogP contribution in [-0.4, -0.2) is 39.4 Å². The second-order valence-electron chi connectivity index (χ2n) is 10.5. The Morgan fingerprint density at radius 3 is 2.59 bits per heavy atom. The van der Waals surface area contributed by atoms with Gasteiger partial charge in [-0.1, -0.05) is 25.0 Å². The highest BCUT2D eigenvalue weighted by atomic mass is 19.1. The van der Waals surface area contributed by atoms with Gasteiger partial charge in [0.15, 0.2) is 11.6 Å². The number of nitrogens with zero attached hydrogens (tertiary/aromatic N) is 4. The van der Waals surface area contributed by atoms with Gasteiger partial charge in [-0.2, -0.15) is 0 Å². The van der Waals surface area contributed by atoms with Gasteiger partial charge in [-0.05, 0) is 79.0 Å². The molecule has 1 aliphatic rings. The quantitative estimate of drug-likeness (QED) is 0.344. The summed E-state index contributed by atoms with van der Waals surface area (Å²) < 4.78 is 16.3. The predicted molar refractivity (Wildman–Crippen MR) is 146 cm³/mol. The van der Waals surface area contributed by atoms with E-state index in [1.54, 1.807) is 31.4 Å². The SMILES string of the molecule is CN(C)C(=O)c1ccc(C2CCCC(Cc3cc4c(-c5cnc(N)c(F)c5)ccnc4n3C)CC2)cc1. The van der Waals surface area contributed by atoms with Crippen molar-refractivity contribution in [3.63, 3.8) is 0 Å². The highest BCUT2D eigenvalue weighted by Crippen LogP contribution is 2.37. The van der Waals surface area contributed by atoms with Crippen molar-refractivity contribution in [1.29, 1.82) is 0 Å². The van der Waals surface area contributed by atoms with Crippen molar-refractivity contribution < 1.29 is 9.18 Å². The molecule has 192 valence electrons. The molecule has 3 heterocycles. The Balaban J connectivity index is 1.31. The topological polar surface area (TPSA) is 77.0 Å². The Kier molecular flexibility index (Phi) is 6.96. The van der Waals surface area contributed by atoms with Crippen LogP contribution in [0, 0.1) is 11.7 Å². The number of hydrogen-bond donors (Lipinski definition) is 1. The second-order valence-corrected chi connectivity index (χ2v) is 10.5. The van der Waals surface area contributed by atoms with Crippen LogP contribution >= 0.6 is 0 Å². The van der Waals surface area contributed by atoms with Crippen LogP contribution in [0.25, 0.3) is 22.2 Å². The fraction of sp³-hybridized carbons (Fsp3) is 0.367. The fourth-order valence-electron chi connectivity index (χ4n) is 5.68. The molecule has 1 aromatic carbocycles. The summed E-state index contributed by atoms with van der Waals surface area (Å²) in [5.41, 5.74) is 11.4. The van der Waals surface area contributed by atoms with Crippen LogP contribution < -0.4 is 5.73 Å². The minimum atomic E-state index is -0.509. The molecule has 2 N–H and O–H groups in total. The van der Waals surface area contributed by atoms with E-state index in [2.05, 4.69) is 39.8 Å². The van der Waals surface area contributed by atoms with E-state index in [1.807, 2.05) is 18.2 Å². The van der Waals surface area contributed by atoms with Gasteiger partial charge < -0.3 is 15.2 Å². The zero-order valence-electron chi connectivity index (χ0n) is 21.7. The van der Waals surface area contributed by atoms with Crippen LogP contribution in [0.1, 0.15) is 59.6 Å². The van der Waals surface area contributed by atoms with E-state index in [-0.39, 0.29) is 11.7 Å². The molecule has 37 heavy (non-hydrogen) atoms. The summed E-state index contributed by atoms with van der Waals surface area (Å²) in [5, 5.41) is 1.00. The maximum atomic E-state index is 14.1. The monoisotopic (exact) mass is 499 g/mol. The minimum absolute atomic E-state index is 0.0397. The Morgan fingerprint density at radius 1 is 1.08 bits per heavy atom. The van der Waals surface area contributed by atoms with Gasteiger partial charge >= 0.3 is 0 Å². The summed E-state index contributed by atoms with van der Waals surface area (Å²) in [6, 6.07) is 13.7. The Bertz CT molecular complexity index is 1430. The van der Waals surface area contributed by atoms with Gasteiger partial charge in [-0.15, -0.1) is 0 Å². The smallest absolute Gasteiger partial charge is 0.253 e. The molecule has 0 spiro atoms. The lowest BCUT2D eigenvalue weighted by Crippen LogP contribution is -2.21. The molecule has 1 saturated carbocycles. The minimum Gasteiger partial charge on any atom is -0.381 e. The van der Waals surface area contributed by atoms with Gasteiger partial charge in [0.2, 0.25) is 0 Å². The van der Waals surface area contributed by atoms with Crippen molar-refractivity contribution in [1.82, 2.24) is 19.4 Å². The molecule has 0 bridgehead atoms. The molecule has 1 aliphatic carbocycles. The van der Waals surface area contributed by atoms with E-state index in [1.165, 1.54) is 36.6 Å². The molecule has 2 unspecified atom stereocenters. The molecular weight excluding hydrogens is 465 g/mol. The number of nitrogens with two attached hydrogens (primary N) is 1. The van der Waals surface area contributed by atoms with Crippen molar-refractivity contribution in [2.45, 2.75) is 44.4 Å². The van der Waals surface area contributed by atoms with Crippen LogP contribution in [0.5, 0.6) is 0 Å². The summed E-state index contributed by atoms with van der Waals surface area (Å²) in [6.07, 6.45) is 10.3. The Morgan fingerprint density at radius 2 is 1.86 bits per heavy atom. The number of anilines is 1. The van der Waals surface area contributed by atoms with Crippen LogP contribution in [-0.2, 0) is 13.5 Å². The maximum Gasteiger partial charge on any atom is 0.253 e. The third kappa shape index (κ3) is 5.08. The number of carbonyl (C=O) groups is 1. The Hall–Kier alpha value is -3.74. The van der Waals surface area contributed by atoms with Crippen molar-refractivity contribution in [3.8, 4) is 11.1 Å². The van der Waals surface area contributed by atoms with E-state index < -0.39 is 5.82 Å². The van der Waals surface area contributed by atoms with Crippen molar-refractivity contribution in [3.05, 3.63) is 77.5 Å². The lowest BCUT2D eigenvalue weighted by Gasteiger charge is -2.17. The summed E-state index contributed by atoms with van der Waals surface area (Å²) in [7, 11) is 5.62. The van der Waals surface area contributed by atoms with Crippen LogP contribution in [0.2, 0.25) is 0 Å². The number of pyridine rings is 2. The number of rotatable bonds is 5. The molecular formula is C30H34FN5O. The maximum absolute atomic E-state index is 14.1. The first-order valence-electron chi connectivity index (χ1n) is 13.0. The number of amides is 1. The standard InChI is InChI=1S/C30H34FN5O/c1-35(2)30(37)22-11-9-21(10-12-22)20-6-4-5-19(7-8-20)15-24-17-26-25(13-14-33-29(26)36(24)3)23-16-27(31)28(32)34-18-23/h9-14,16-20H,4-8,15H2,1-3H3,(H2,32,34). The molecule has 4 aromatic rings. The predicted octanol–water partition coefficient (Wildman–Crippen LogP) is 5.97. The van der Waals surface area contributed by atoms with E-state index in [4.69, 9.17) is 5.73 Å². The molecule has 1 amide bonds. The number of benzene rings is 1. The first-order chi connectivity index (χ1) is 17.8. The molecule has 0 radical (unpaired) electrons. The number of aromatic nitrogens is 3. The van der Waals surface area contributed by atoms with Gasteiger partial charge in [0.1, 0.15) is 5.65 Å². The average Bonchev–Trinajstić information content (AvgIpc) is 3.05. The van der Waals surface area contributed by atoms with Crippen LogP contribution in [0.4, 0.5) is 10.2 Å². The van der Waals surface area contributed by atoms with E-state index in [0.29, 0.717) is 17.4 Å². The number of nitrogen functional groups attached to an aromatic ring is 1. The van der Waals surface area contributed by atoms with Gasteiger partial charge in [-0.3, -0.25) is 4.79 Å². The summed E-state index contributed by atoms with van der Waals surface area (Å²) in [6.45, 7) is 0. The third-order valence-electron chi connectivity index (χ3n) is 7.83. The number of hydrogen-bond acceptors (Lipinski definition) is 4. The van der Waals surface area contributed by atoms with Gasteiger partial charge in [0.05, 0.1) is 0 Å². The average molecular weight is 500 g/mol. The molecule has 1 fully saturated rings. The summed E-state index contributed by atoms with van der Waals surface area (Å²) in [4.78, 5) is 22.5. The van der Waals surface area contributed by atoms with Crippen molar-refractivity contribution in [2.75, 3.05) is 19.8 Å². The fourth-order valence-corrected chi connectivity index (χ4v) is 5.68. The van der Waals surface area contributed by atoms with Gasteiger partial charge in [0, 0.05) is 55.7 Å². The number of aryl methyl sites for hydroxylation is 1. The van der Waals surface area contributed by atoms with E-state index >= 15 is 0 Å². The molecule has 3 aromatic heterocycles. The molecule has 0 saturated heterocycles. The largest absolute Gasteiger partial charge is 0.381 e. The normalized spacial score (nSPS) is 18.1. The number of fused-ring (bicyclic) bond motifs is 1. The van der Waals surface area contributed by atoms with Crippen LogP contribution in [0.15, 0.2) is 54.9 Å². The number of halogens is 1. The number of carbonyl (C=O) groups excluding carboxylic acids is 1. The van der Waals surface area contributed by atoms with Crippen LogP contribution in [0.3, 0.4) is 0 Å². The highest BCUT2D eigenvalue weighted by Gasteiger charge is 2.23. The van der Waals surface area contributed by atoms with Crippen molar-refractivity contribution >= 4 is 22.8 Å². The first kappa shape index (κ1) is 24.9. The third-order valence-corrected chi connectivity index (χ3v) is 7.83. The lowest BCUT2D eigenvalue weighted by atomic mass is 9.90. The van der Waals surface area contributed by atoms with E-state index in [9.17, 15) is 9.18 Å². The first-order valence-corrected chi connectivity index (χ1v) is 13.0. The molecule has 6 nitrogen and oxygen atoms in total. The zero-order chi connectivity index (χ0) is 26.1. The molecule has 7 heteroatoms. The molecule has 2 atom stereocenters. The van der Waals surface area contributed by atoms with Crippen molar-refractivity contribution in [2.24, 2.45) is 13.0 Å². The zero-order valence-corrected chi connectivity index (χ0v) is 21.7. The molecule has 5 rings (SSSR count). The Labute approximate surface area is 217 Å². The summed E-state index contributed by atoms with van der Waals surface area (Å²) >= 11 is 0.